The SMILES string of the molecule is CON(C)S(=O)(=O)c1c(Cl)cc(N)cc1Cl. The maximum atomic E-state index is 11.9. The van der Waals surface area contributed by atoms with E-state index >= 15 is 0 Å². The number of nitrogens with two attached hydrogens (primary N) is 1. The monoisotopic (exact) mass is 284 g/mol. The van der Waals surface area contributed by atoms with Gasteiger partial charge in [0, 0.05) is 12.7 Å². The number of nitrogens with zero attached hydrogens (tertiary/aromatic N) is 1. The van der Waals surface area contributed by atoms with Gasteiger partial charge in [0.15, 0.2) is 0 Å². The highest BCUT2D eigenvalue weighted by atomic mass is 35.5. The van der Waals surface area contributed by atoms with Crippen molar-refractivity contribution in [3.8, 4) is 0 Å². The Morgan fingerprint density at radius 1 is 1.31 bits per heavy atom. The zero-order chi connectivity index (χ0) is 12.5. The molecule has 1 aromatic carbocycles. The van der Waals surface area contributed by atoms with Crippen LogP contribution in [0, 0.1) is 0 Å². The zero-order valence-electron chi connectivity index (χ0n) is 8.57. The summed E-state index contributed by atoms with van der Waals surface area (Å²) in [5.74, 6) is 0. The first-order chi connectivity index (χ1) is 7.30. The van der Waals surface area contributed by atoms with Crippen LogP contribution in [0.3, 0.4) is 0 Å². The standard InChI is InChI=1S/C8H10Cl2N2O3S/c1-12(15-2)16(13,14)8-6(9)3-5(11)4-7(8)10/h3-4H,11H2,1-2H3. The lowest BCUT2D eigenvalue weighted by Crippen LogP contribution is -2.26. The van der Waals surface area contributed by atoms with E-state index in [1.807, 2.05) is 0 Å². The van der Waals surface area contributed by atoms with Crippen molar-refractivity contribution in [2.24, 2.45) is 0 Å². The van der Waals surface area contributed by atoms with Gasteiger partial charge in [-0.05, 0) is 12.1 Å². The average Bonchev–Trinajstić information content (AvgIpc) is 2.14. The first-order valence-corrected chi connectivity index (χ1v) is 6.28. The fraction of sp³-hybridized carbons (Fsp3) is 0.250. The molecule has 0 aliphatic rings. The quantitative estimate of drug-likeness (QED) is 0.678. The Hall–Kier alpha value is -0.530. The predicted molar refractivity (Wildman–Crippen MR) is 62.8 cm³/mol. The summed E-state index contributed by atoms with van der Waals surface area (Å²) in [5.41, 5.74) is 5.76. The van der Waals surface area contributed by atoms with E-state index in [4.69, 9.17) is 28.9 Å². The number of hydrogen-bond acceptors (Lipinski definition) is 4. The molecule has 90 valence electrons. The molecular weight excluding hydrogens is 275 g/mol. The fourth-order valence-corrected chi connectivity index (χ4v) is 3.21. The summed E-state index contributed by atoms with van der Waals surface area (Å²) in [5, 5.41) is -0.0946. The Labute approximate surface area is 104 Å². The molecule has 0 amide bonds. The molecule has 0 aliphatic carbocycles. The summed E-state index contributed by atoms with van der Waals surface area (Å²) in [6.45, 7) is 0. The van der Waals surface area contributed by atoms with E-state index in [1.54, 1.807) is 0 Å². The smallest absolute Gasteiger partial charge is 0.267 e. The summed E-state index contributed by atoms with van der Waals surface area (Å²) in [7, 11) is -1.42. The third-order valence-corrected chi connectivity index (χ3v) is 4.48. The van der Waals surface area contributed by atoms with Gasteiger partial charge in [0.25, 0.3) is 10.0 Å². The first-order valence-electron chi connectivity index (χ1n) is 4.08. The summed E-state index contributed by atoms with van der Waals surface area (Å²) < 4.78 is 24.5. The van der Waals surface area contributed by atoms with Crippen molar-refractivity contribution >= 4 is 38.9 Å². The number of hydrogen-bond donors (Lipinski definition) is 1. The van der Waals surface area contributed by atoms with E-state index in [-0.39, 0.29) is 20.6 Å². The molecule has 0 bridgehead atoms. The van der Waals surface area contributed by atoms with E-state index in [0.29, 0.717) is 4.47 Å². The van der Waals surface area contributed by atoms with Crippen LogP contribution in [0.5, 0.6) is 0 Å². The topological polar surface area (TPSA) is 72.6 Å². The second kappa shape index (κ2) is 4.77. The van der Waals surface area contributed by atoms with Crippen LogP contribution >= 0.6 is 23.2 Å². The van der Waals surface area contributed by atoms with Crippen molar-refractivity contribution in [1.29, 1.82) is 0 Å². The highest BCUT2D eigenvalue weighted by Crippen LogP contribution is 2.33. The Bertz CT molecular complexity index is 481. The number of sulfonamides is 1. The fourth-order valence-electron chi connectivity index (χ4n) is 1.05. The molecule has 1 rings (SSSR count). The van der Waals surface area contributed by atoms with Crippen molar-refractivity contribution in [2.75, 3.05) is 19.9 Å². The lowest BCUT2D eigenvalue weighted by molar-refractivity contribution is -0.0258. The van der Waals surface area contributed by atoms with Gasteiger partial charge in [0.05, 0.1) is 17.2 Å². The molecule has 1 aromatic rings. The lowest BCUT2D eigenvalue weighted by atomic mass is 10.3. The van der Waals surface area contributed by atoms with E-state index in [0.717, 1.165) is 0 Å². The highest BCUT2D eigenvalue weighted by Gasteiger charge is 2.27. The summed E-state index contributed by atoms with van der Waals surface area (Å²) in [4.78, 5) is 4.38. The van der Waals surface area contributed by atoms with Crippen LogP contribution < -0.4 is 5.73 Å². The Balaban J connectivity index is 3.45. The lowest BCUT2D eigenvalue weighted by Gasteiger charge is -2.16. The number of halogens is 2. The van der Waals surface area contributed by atoms with Crippen LogP contribution in [-0.2, 0) is 14.9 Å². The van der Waals surface area contributed by atoms with E-state index in [1.165, 1.54) is 26.3 Å². The van der Waals surface area contributed by atoms with Crippen molar-refractivity contribution in [3.05, 3.63) is 22.2 Å². The molecule has 0 unspecified atom stereocenters. The van der Waals surface area contributed by atoms with Crippen LogP contribution in [-0.4, -0.2) is 27.0 Å². The Morgan fingerprint density at radius 3 is 2.12 bits per heavy atom. The summed E-state index contributed by atoms with van der Waals surface area (Å²) in [6, 6.07) is 2.62. The molecule has 0 radical (unpaired) electrons. The van der Waals surface area contributed by atoms with Gasteiger partial charge in [-0.15, -0.1) is 0 Å². The Morgan fingerprint density at radius 2 is 1.75 bits per heavy atom. The van der Waals surface area contributed by atoms with Crippen molar-refractivity contribution < 1.29 is 13.3 Å². The van der Waals surface area contributed by atoms with Crippen LogP contribution in [0.4, 0.5) is 5.69 Å². The minimum atomic E-state index is -3.88. The number of hydroxylamine groups is 1. The highest BCUT2D eigenvalue weighted by molar-refractivity contribution is 7.89. The minimum absolute atomic E-state index is 0.0473. The molecule has 0 aromatic heterocycles. The van der Waals surface area contributed by atoms with Crippen molar-refractivity contribution in [2.45, 2.75) is 4.90 Å². The van der Waals surface area contributed by atoms with E-state index < -0.39 is 10.0 Å². The van der Waals surface area contributed by atoms with Gasteiger partial charge in [-0.2, -0.15) is 0 Å². The second-order valence-electron chi connectivity index (χ2n) is 2.91. The van der Waals surface area contributed by atoms with Crippen LogP contribution in [0.25, 0.3) is 0 Å². The molecule has 0 fully saturated rings. The van der Waals surface area contributed by atoms with Gasteiger partial charge in [-0.1, -0.05) is 27.7 Å². The zero-order valence-corrected chi connectivity index (χ0v) is 10.9. The van der Waals surface area contributed by atoms with Gasteiger partial charge in [-0.3, -0.25) is 4.84 Å². The van der Waals surface area contributed by atoms with Gasteiger partial charge in [0.1, 0.15) is 4.90 Å². The van der Waals surface area contributed by atoms with Gasteiger partial charge in [-0.25, -0.2) is 8.42 Å². The normalized spacial score (nSPS) is 12.1. The first kappa shape index (κ1) is 13.5. The summed E-state index contributed by atoms with van der Waals surface area (Å²) >= 11 is 11.6. The molecule has 5 nitrogen and oxygen atoms in total. The summed E-state index contributed by atoms with van der Waals surface area (Å²) in [6.07, 6.45) is 0. The van der Waals surface area contributed by atoms with Crippen LogP contribution in [0.15, 0.2) is 17.0 Å². The molecule has 0 spiro atoms. The van der Waals surface area contributed by atoms with Crippen molar-refractivity contribution in [3.63, 3.8) is 0 Å². The molecular formula is C8H10Cl2N2O3S. The number of benzene rings is 1. The number of anilines is 1. The van der Waals surface area contributed by atoms with Crippen LogP contribution in [0.2, 0.25) is 10.0 Å². The van der Waals surface area contributed by atoms with Crippen LogP contribution in [0.1, 0.15) is 0 Å². The minimum Gasteiger partial charge on any atom is -0.399 e. The molecule has 2 N–H and O–H groups in total. The average molecular weight is 285 g/mol. The molecule has 0 aliphatic heterocycles. The Kier molecular flexibility index (Phi) is 4.03. The second-order valence-corrected chi connectivity index (χ2v) is 5.60. The molecule has 8 heteroatoms. The largest absolute Gasteiger partial charge is 0.399 e. The maximum absolute atomic E-state index is 11.9. The van der Waals surface area contributed by atoms with E-state index in [2.05, 4.69) is 4.84 Å². The van der Waals surface area contributed by atoms with Gasteiger partial charge >= 0.3 is 0 Å². The van der Waals surface area contributed by atoms with E-state index in [9.17, 15) is 8.42 Å². The number of nitrogen functional groups attached to an aromatic ring is 1. The van der Waals surface area contributed by atoms with Crippen molar-refractivity contribution in [1.82, 2.24) is 4.47 Å². The maximum Gasteiger partial charge on any atom is 0.267 e. The number of rotatable bonds is 3. The molecule has 0 saturated carbocycles. The molecule has 0 atom stereocenters. The third-order valence-electron chi connectivity index (χ3n) is 1.87. The van der Waals surface area contributed by atoms with Gasteiger partial charge in [0.2, 0.25) is 0 Å². The molecule has 0 saturated heterocycles. The molecule has 0 heterocycles. The third kappa shape index (κ3) is 2.41. The predicted octanol–water partition coefficient (Wildman–Crippen LogP) is 1.76. The van der Waals surface area contributed by atoms with Gasteiger partial charge < -0.3 is 5.73 Å². The molecule has 16 heavy (non-hydrogen) atoms.